The van der Waals surface area contributed by atoms with E-state index in [4.69, 9.17) is 5.11 Å². The molecule has 0 saturated heterocycles. The van der Waals surface area contributed by atoms with E-state index in [0.717, 1.165) is 16.9 Å². The van der Waals surface area contributed by atoms with Gasteiger partial charge in [0.05, 0.1) is 16.9 Å². The molecule has 5 nitrogen and oxygen atoms in total. The summed E-state index contributed by atoms with van der Waals surface area (Å²) in [4.78, 5) is 23.3. The molecule has 2 atom stereocenters. The van der Waals surface area contributed by atoms with Gasteiger partial charge in [-0.2, -0.15) is 0 Å². The van der Waals surface area contributed by atoms with Gasteiger partial charge < -0.3 is 15.3 Å². The van der Waals surface area contributed by atoms with Gasteiger partial charge in [0, 0.05) is 11.3 Å². The molecule has 0 heterocycles. The molecular weight excluding hydrogens is 460 g/mol. The molecule has 0 saturated carbocycles. The molecule has 192 valence electrons. The maximum Gasteiger partial charge on any atom is 0.303 e. The number of ketones is 1. The van der Waals surface area contributed by atoms with Crippen LogP contribution < -0.4 is 0 Å². The molecule has 2 aromatic carbocycles. The number of carbonyl (C=O) groups excluding carboxylic acids is 1. The number of thioether (sulfide) groups is 1. The molecule has 0 aromatic heterocycles. The summed E-state index contributed by atoms with van der Waals surface area (Å²) in [5.74, 6) is -1.16. The van der Waals surface area contributed by atoms with Gasteiger partial charge in [0.1, 0.15) is 5.75 Å². The molecule has 2 aromatic rings. The summed E-state index contributed by atoms with van der Waals surface area (Å²) in [6.45, 7) is 3.64. The van der Waals surface area contributed by atoms with Crippen LogP contribution in [0.25, 0.3) is 0 Å². The van der Waals surface area contributed by atoms with E-state index < -0.39 is 12.1 Å². The van der Waals surface area contributed by atoms with Crippen molar-refractivity contribution in [3.8, 4) is 5.75 Å². The number of aromatic hydroxyl groups is 1. The largest absolute Gasteiger partial charge is 0.507 e. The molecule has 2 rings (SSSR count). The number of hydrogen-bond donors (Lipinski definition) is 3. The Kier molecular flexibility index (Phi) is 12.9. The predicted octanol–water partition coefficient (Wildman–Crippen LogP) is 7.34. The lowest BCUT2D eigenvalue weighted by Crippen LogP contribution is -2.16. The number of aliphatic carboxylic acids is 1. The number of phenols is 1. The van der Waals surface area contributed by atoms with Crippen molar-refractivity contribution in [3.63, 3.8) is 0 Å². The molecule has 0 aliphatic rings. The van der Waals surface area contributed by atoms with E-state index in [-0.39, 0.29) is 28.8 Å². The quantitative estimate of drug-likeness (QED) is 0.119. The fraction of sp³-hybridized carbons (Fsp3) is 0.517. The number of rotatable bonds is 17. The first-order valence-electron chi connectivity index (χ1n) is 12.8. The zero-order valence-electron chi connectivity index (χ0n) is 21.0. The number of benzene rings is 2. The van der Waals surface area contributed by atoms with Crippen LogP contribution in [-0.2, 0) is 11.2 Å². The first-order valence-corrected chi connectivity index (χ1v) is 13.7. The minimum atomic E-state index is -0.874. The first-order chi connectivity index (χ1) is 16.8. The van der Waals surface area contributed by atoms with Crippen molar-refractivity contribution in [3.05, 3.63) is 59.2 Å². The second kappa shape index (κ2) is 15.6. The lowest BCUT2D eigenvalue weighted by atomic mass is 9.99. The molecule has 2 unspecified atom stereocenters. The summed E-state index contributed by atoms with van der Waals surface area (Å²) in [5, 5.41) is 29.8. The number of aliphatic hydroxyl groups is 1. The molecule has 3 N–H and O–H groups in total. The van der Waals surface area contributed by atoms with Gasteiger partial charge in [-0.25, -0.2) is 0 Å². The molecule has 0 aliphatic carbocycles. The Bertz CT molecular complexity index is 925. The van der Waals surface area contributed by atoms with Crippen molar-refractivity contribution in [1.29, 1.82) is 0 Å². The summed E-state index contributed by atoms with van der Waals surface area (Å²) >= 11 is 1.41. The maximum atomic E-state index is 11.6. The van der Waals surface area contributed by atoms with Crippen LogP contribution in [0, 0.1) is 0 Å². The highest BCUT2D eigenvalue weighted by Gasteiger charge is 2.23. The Morgan fingerprint density at radius 2 is 1.57 bits per heavy atom. The normalized spacial score (nSPS) is 12.9. The monoisotopic (exact) mass is 500 g/mol. The molecule has 6 heteroatoms. The molecule has 0 radical (unpaired) electrons. The number of carboxylic acids is 1. The zero-order chi connectivity index (χ0) is 25.6. The Labute approximate surface area is 214 Å². The Balaban J connectivity index is 2.06. The smallest absolute Gasteiger partial charge is 0.303 e. The second-order valence-electron chi connectivity index (χ2n) is 9.24. The third-order valence-electron chi connectivity index (χ3n) is 6.23. The van der Waals surface area contributed by atoms with Gasteiger partial charge in [-0.3, -0.25) is 9.59 Å². The van der Waals surface area contributed by atoms with Crippen molar-refractivity contribution >= 4 is 23.5 Å². The summed E-state index contributed by atoms with van der Waals surface area (Å²) in [6.07, 6.45) is 9.98. The lowest BCUT2D eigenvalue weighted by molar-refractivity contribution is -0.137. The summed E-state index contributed by atoms with van der Waals surface area (Å²) in [5.41, 5.74) is 2.49. The van der Waals surface area contributed by atoms with E-state index in [1.165, 1.54) is 69.2 Å². The molecular formula is C29H40O5S. The number of phenolic OH excluding ortho intramolecular Hbond substituents is 1. The number of Topliss-reactive ketones (excluding diaryl/α,β-unsaturated/α-hetero) is 1. The van der Waals surface area contributed by atoms with Crippen LogP contribution in [0.3, 0.4) is 0 Å². The fourth-order valence-corrected chi connectivity index (χ4v) is 5.38. The van der Waals surface area contributed by atoms with Gasteiger partial charge in [-0.15, -0.1) is 11.8 Å². The maximum absolute atomic E-state index is 11.6. The minimum Gasteiger partial charge on any atom is -0.507 e. The number of aryl methyl sites for hydroxylation is 1. The Hall–Kier alpha value is -2.31. The number of aliphatic hydroxyl groups excluding tert-OH is 1. The van der Waals surface area contributed by atoms with E-state index in [2.05, 4.69) is 19.1 Å². The SMILES string of the molecule is CCCCCCCCCc1ccc(C(Sc2ccc(C(C)=O)c(O)c2)C(O)CCCC(=O)O)cc1. The molecule has 0 bridgehead atoms. The van der Waals surface area contributed by atoms with E-state index >= 15 is 0 Å². The molecule has 0 spiro atoms. The Morgan fingerprint density at radius 3 is 2.17 bits per heavy atom. The number of hydrogen-bond acceptors (Lipinski definition) is 5. The van der Waals surface area contributed by atoms with Crippen molar-refractivity contribution in [2.45, 2.75) is 101 Å². The standard InChI is InChI=1S/C29H40O5S/c1-3-4-5-6-7-8-9-11-22-14-16-23(17-15-22)29(26(31)12-10-13-28(33)34)35-24-18-19-25(21(2)30)27(32)20-24/h14-20,26,29,31-32H,3-13H2,1-2H3,(H,33,34). The van der Waals surface area contributed by atoms with E-state index in [0.29, 0.717) is 12.8 Å². The van der Waals surface area contributed by atoms with Crippen LogP contribution >= 0.6 is 11.8 Å². The third-order valence-corrected chi connectivity index (χ3v) is 7.60. The number of carbonyl (C=O) groups is 2. The van der Waals surface area contributed by atoms with E-state index in [9.17, 15) is 19.8 Å². The van der Waals surface area contributed by atoms with Crippen molar-refractivity contribution in [2.24, 2.45) is 0 Å². The average Bonchev–Trinajstić information content (AvgIpc) is 2.82. The van der Waals surface area contributed by atoms with E-state index in [1.54, 1.807) is 18.2 Å². The molecule has 0 fully saturated rings. The zero-order valence-corrected chi connectivity index (χ0v) is 21.9. The highest BCUT2D eigenvalue weighted by molar-refractivity contribution is 7.99. The van der Waals surface area contributed by atoms with Crippen LogP contribution in [0.2, 0.25) is 0 Å². The van der Waals surface area contributed by atoms with Crippen molar-refractivity contribution in [2.75, 3.05) is 0 Å². The van der Waals surface area contributed by atoms with Crippen LogP contribution in [0.4, 0.5) is 0 Å². The van der Waals surface area contributed by atoms with Gasteiger partial charge in [0.2, 0.25) is 0 Å². The summed E-state index contributed by atoms with van der Waals surface area (Å²) < 4.78 is 0. The Morgan fingerprint density at radius 1 is 0.914 bits per heavy atom. The third kappa shape index (κ3) is 10.5. The highest BCUT2D eigenvalue weighted by Crippen LogP contribution is 2.41. The number of unbranched alkanes of at least 4 members (excludes halogenated alkanes) is 6. The van der Waals surface area contributed by atoms with Gasteiger partial charge in [-0.1, -0.05) is 69.7 Å². The van der Waals surface area contributed by atoms with Crippen LogP contribution in [0.5, 0.6) is 5.75 Å². The van der Waals surface area contributed by atoms with E-state index in [1.807, 2.05) is 12.1 Å². The minimum absolute atomic E-state index is 0.0138. The lowest BCUT2D eigenvalue weighted by Gasteiger charge is -2.23. The first kappa shape index (κ1) is 28.9. The number of carboxylic acid groups (broad SMARTS) is 1. The predicted molar refractivity (Wildman–Crippen MR) is 142 cm³/mol. The fourth-order valence-electron chi connectivity index (χ4n) is 4.17. The van der Waals surface area contributed by atoms with Gasteiger partial charge in [0.15, 0.2) is 5.78 Å². The van der Waals surface area contributed by atoms with Gasteiger partial charge in [0.25, 0.3) is 0 Å². The second-order valence-corrected chi connectivity index (χ2v) is 10.5. The van der Waals surface area contributed by atoms with Gasteiger partial charge >= 0.3 is 5.97 Å². The van der Waals surface area contributed by atoms with Gasteiger partial charge in [-0.05, 0) is 61.9 Å². The van der Waals surface area contributed by atoms with Crippen LogP contribution in [0.1, 0.15) is 105 Å². The van der Waals surface area contributed by atoms with Crippen molar-refractivity contribution < 1.29 is 24.9 Å². The van der Waals surface area contributed by atoms with Crippen LogP contribution in [0.15, 0.2) is 47.4 Å². The molecule has 35 heavy (non-hydrogen) atoms. The highest BCUT2D eigenvalue weighted by atomic mass is 32.2. The van der Waals surface area contributed by atoms with Crippen LogP contribution in [-0.4, -0.2) is 33.2 Å². The topological polar surface area (TPSA) is 94.8 Å². The molecule has 0 aliphatic heterocycles. The summed E-state index contributed by atoms with van der Waals surface area (Å²) in [7, 11) is 0. The summed E-state index contributed by atoms with van der Waals surface area (Å²) in [6, 6.07) is 13.2. The average molecular weight is 501 g/mol. The molecule has 0 amide bonds. The van der Waals surface area contributed by atoms with Crippen molar-refractivity contribution in [1.82, 2.24) is 0 Å².